The summed E-state index contributed by atoms with van der Waals surface area (Å²) < 4.78 is 54.3. The summed E-state index contributed by atoms with van der Waals surface area (Å²) in [4.78, 5) is 14.0. The van der Waals surface area contributed by atoms with Gasteiger partial charge in [-0.2, -0.15) is 4.31 Å². The van der Waals surface area contributed by atoms with E-state index in [1.807, 2.05) is 12.1 Å². The monoisotopic (exact) mass is 422 g/mol. The highest BCUT2D eigenvalue weighted by Gasteiger charge is 2.31. The molecule has 0 N–H and O–H groups in total. The summed E-state index contributed by atoms with van der Waals surface area (Å²) in [7, 11) is -3.68. The first-order valence-electron chi connectivity index (χ1n) is 9.58. The van der Waals surface area contributed by atoms with Crippen molar-refractivity contribution in [3.05, 3.63) is 65.2 Å². The van der Waals surface area contributed by atoms with Crippen LogP contribution in [0.2, 0.25) is 0 Å². The van der Waals surface area contributed by atoms with E-state index in [4.69, 9.17) is 0 Å². The van der Waals surface area contributed by atoms with E-state index < -0.39 is 27.6 Å². The van der Waals surface area contributed by atoms with Gasteiger partial charge in [-0.25, -0.2) is 17.2 Å². The number of nitrogens with zero attached hydrogens (tertiary/aromatic N) is 2. The Morgan fingerprint density at radius 1 is 1.03 bits per heavy atom. The standard InChI is InChI=1S/C21H24F2N2O3S/c1-3-15(2)16-4-7-18(8-5-16)29(27,28)25-12-10-24(11-13-25)21(26)19-14-17(22)6-9-20(19)23/h4-9,14-15H,3,10-13H2,1-2H3. The first kappa shape index (κ1) is 21.4. The molecule has 0 radical (unpaired) electrons. The maximum Gasteiger partial charge on any atom is 0.257 e. The van der Waals surface area contributed by atoms with Crippen molar-refractivity contribution in [3.63, 3.8) is 0 Å². The van der Waals surface area contributed by atoms with Crippen LogP contribution in [0.3, 0.4) is 0 Å². The molecule has 8 heteroatoms. The molecule has 1 aliphatic rings. The fraction of sp³-hybridized carbons (Fsp3) is 0.381. The Labute approximate surface area is 170 Å². The highest BCUT2D eigenvalue weighted by molar-refractivity contribution is 7.89. The average molecular weight is 422 g/mol. The highest BCUT2D eigenvalue weighted by Crippen LogP contribution is 2.23. The average Bonchev–Trinajstić information content (AvgIpc) is 2.74. The summed E-state index contributed by atoms with van der Waals surface area (Å²) in [6, 6.07) is 9.59. The summed E-state index contributed by atoms with van der Waals surface area (Å²) >= 11 is 0. The molecule has 0 spiro atoms. The molecule has 1 aliphatic heterocycles. The molecule has 0 aromatic heterocycles. The van der Waals surface area contributed by atoms with Crippen molar-refractivity contribution in [1.82, 2.24) is 9.21 Å². The third-order valence-electron chi connectivity index (χ3n) is 5.38. The Bertz CT molecular complexity index is 985. The van der Waals surface area contributed by atoms with Gasteiger partial charge in [-0.05, 0) is 48.2 Å². The number of hydrogen-bond donors (Lipinski definition) is 0. The number of piperazine rings is 1. The van der Waals surface area contributed by atoms with E-state index in [0.29, 0.717) is 5.92 Å². The van der Waals surface area contributed by atoms with Gasteiger partial charge < -0.3 is 4.90 Å². The molecule has 29 heavy (non-hydrogen) atoms. The van der Waals surface area contributed by atoms with E-state index in [0.717, 1.165) is 30.2 Å². The van der Waals surface area contributed by atoms with E-state index in [-0.39, 0.29) is 36.6 Å². The van der Waals surface area contributed by atoms with Gasteiger partial charge in [-0.3, -0.25) is 4.79 Å². The lowest BCUT2D eigenvalue weighted by Gasteiger charge is -2.34. The lowest BCUT2D eigenvalue weighted by molar-refractivity contribution is 0.0692. The summed E-state index contributed by atoms with van der Waals surface area (Å²) in [5.41, 5.74) is 0.737. The number of carbonyl (C=O) groups excluding carboxylic acids is 1. The zero-order valence-corrected chi connectivity index (χ0v) is 17.3. The lowest BCUT2D eigenvalue weighted by atomic mass is 9.99. The van der Waals surface area contributed by atoms with Crippen molar-refractivity contribution in [2.45, 2.75) is 31.1 Å². The highest BCUT2D eigenvalue weighted by atomic mass is 32.2. The first-order chi connectivity index (χ1) is 13.7. The van der Waals surface area contributed by atoms with Crippen molar-refractivity contribution >= 4 is 15.9 Å². The topological polar surface area (TPSA) is 57.7 Å². The van der Waals surface area contributed by atoms with Gasteiger partial charge in [0.2, 0.25) is 10.0 Å². The first-order valence-corrected chi connectivity index (χ1v) is 11.0. The van der Waals surface area contributed by atoms with Crippen molar-refractivity contribution in [2.75, 3.05) is 26.2 Å². The Hall–Kier alpha value is -2.32. The van der Waals surface area contributed by atoms with Crippen LogP contribution in [-0.2, 0) is 10.0 Å². The van der Waals surface area contributed by atoms with E-state index in [1.54, 1.807) is 12.1 Å². The molecule has 1 heterocycles. The summed E-state index contributed by atoms with van der Waals surface area (Å²) in [5, 5.41) is 0. The number of hydrogen-bond acceptors (Lipinski definition) is 3. The predicted octanol–water partition coefficient (Wildman–Crippen LogP) is 3.63. The Morgan fingerprint density at radius 3 is 2.24 bits per heavy atom. The summed E-state index contributed by atoms with van der Waals surface area (Å²) in [6.07, 6.45) is 0.966. The second kappa shape index (κ2) is 8.59. The molecular weight excluding hydrogens is 398 g/mol. The van der Waals surface area contributed by atoms with Crippen LogP contribution in [0.4, 0.5) is 8.78 Å². The Balaban J connectivity index is 1.69. The third kappa shape index (κ3) is 4.48. The molecule has 0 bridgehead atoms. The van der Waals surface area contributed by atoms with Crippen LogP contribution < -0.4 is 0 Å². The Kier molecular flexibility index (Phi) is 6.33. The minimum Gasteiger partial charge on any atom is -0.336 e. The molecule has 5 nitrogen and oxygen atoms in total. The molecular formula is C21H24F2N2O3S. The summed E-state index contributed by atoms with van der Waals surface area (Å²) in [6.45, 7) is 4.57. The minimum absolute atomic E-state index is 0.0954. The van der Waals surface area contributed by atoms with E-state index in [1.165, 1.54) is 9.21 Å². The lowest BCUT2D eigenvalue weighted by Crippen LogP contribution is -2.50. The Morgan fingerprint density at radius 2 is 1.66 bits per heavy atom. The van der Waals surface area contributed by atoms with Gasteiger partial charge in [-0.15, -0.1) is 0 Å². The van der Waals surface area contributed by atoms with Crippen molar-refractivity contribution < 1.29 is 22.0 Å². The molecule has 1 atom stereocenters. The quantitative estimate of drug-likeness (QED) is 0.740. The van der Waals surface area contributed by atoms with Crippen LogP contribution in [0, 0.1) is 11.6 Å². The molecule has 0 saturated carbocycles. The van der Waals surface area contributed by atoms with Gasteiger partial charge in [0, 0.05) is 26.2 Å². The smallest absolute Gasteiger partial charge is 0.257 e. The van der Waals surface area contributed by atoms with E-state index >= 15 is 0 Å². The third-order valence-corrected chi connectivity index (χ3v) is 7.30. The molecule has 1 saturated heterocycles. The molecule has 1 amide bonds. The van der Waals surface area contributed by atoms with Crippen LogP contribution in [0.1, 0.15) is 42.1 Å². The predicted molar refractivity (Wildman–Crippen MR) is 106 cm³/mol. The maximum atomic E-state index is 13.9. The van der Waals surface area contributed by atoms with Crippen molar-refractivity contribution in [2.24, 2.45) is 0 Å². The number of rotatable bonds is 5. The number of carbonyl (C=O) groups is 1. The molecule has 156 valence electrons. The van der Waals surface area contributed by atoms with Crippen molar-refractivity contribution in [1.29, 1.82) is 0 Å². The van der Waals surface area contributed by atoms with Gasteiger partial charge in [0.1, 0.15) is 11.6 Å². The van der Waals surface area contributed by atoms with E-state index in [9.17, 15) is 22.0 Å². The SMILES string of the molecule is CCC(C)c1ccc(S(=O)(=O)N2CCN(C(=O)c3cc(F)ccc3F)CC2)cc1. The summed E-state index contributed by atoms with van der Waals surface area (Å²) in [5.74, 6) is -1.79. The van der Waals surface area contributed by atoms with Crippen LogP contribution in [0.25, 0.3) is 0 Å². The molecule has 3 rings (SSSR count). The zero-order valence-electron chi connectivity index (χ0n) is 16.4. The number of halogens is 2. The fourth-order valence-corrected chi connectivity index (χ4v) is 4.74. The van der Waals surface area contributed by atoms with Crippen LogP contribution in [0.15, 0.2) is 47.4 Å². The van der Waals surface area contributed by atoms with Crippen molar-refractivity contribution in [3.8, 4) is 0 Å². The molecule has 0 aliphatic carbocycles. The second-order valence-electron chi connectivity index (χ2n) is 7.20. The van der Waals surface area contributed by atoms with Gasteiger partial charge in [0.05, 0.1) is 10.5 Å². The molecule has 1 fully saturated rings. The molecule has 2 aromatic carbocycles. The zero-order chi connectivity index (χ0) is 21.2. The minimum atomic E-state index is -3.68. The van der Waals surface area contributed by atoms with E-state index in [2.05, 4.69) is 13.8 Å². The molecule has 1 unspecified atom stereocenters. The normalized spacial score (nSPS) is 16.6. The fourth-order valence-electron chi connectivity index (χ4n) is 3.32. The number of amides is 1. The van der Waals surface area contributed by atoms with Crippen LogP contribution >= 0.6 is 0 Å². The molecule has 2 aromatic rings. The number of benzene rings is 2. The van der Waals surface area contributed by atoms with Gasteiger partial charge >= 0.3 is 0 Å². The second-order valence-corrected chi connectivity index (χ2v) is 9.14. The largest absolute Gasteiger partial charge is 0.336 e. The van der Waals surface area contributed by atoms with Gasteiger partial charge in [0.15, 0.2) is 0 Å². The van der Waals surface area contributed by atoms with Gasteiger partial charge in [-0.1, -0.05) is 26.0 Å². The van der Waals surface area contributed by atoms with Crippen LogP contribution in [-0.4, -0.2) is 49.7 Å². The van der Waals surface area contributed by atoms with Gasteiger partial charge in [0.25, 0.3) is 5.91 Å². The number of sulfonamides is 1. The van der Waals surface area contributed by atoms with Crippen LogP contribution in [0.5, 0.6) is 0 Å². The maximum absolute atomic E-state index is 13.9.